The van der Waals surface area contributed by atoms with E-state index in [0.717, 1.165) is 109 Å². The van der Waals surface area contributed by atoms with Gasteiger partial charge in [-0.2, -0.15) is 0 Å². The molecule has 0 N–H and O–H groups in total. The van der Waals surface area contributed by atoms with Crippen LogP contribution in [0, 0.1) is 0 Å². The van der Waals surface area contributed by atoms with E-state index < -0.39 is 6.10 Å². The van der Waals surface area contributed by atoms with Crippen LogP contribution in [0.15, 0.2) is 146 Å². The highest BCUT2D eigenvalue weighted by Crippen LogP contribution is 2.12. The maximum Gasteiger partial charge on any atom is 0.306 e. The Morgan fingerprint density at radius 3 is 1.13 bits per heavy atom. The molecule has 1 unspecified atom stereocenters. The second-order valence-electron chi connectivity index (χ2n) is 15.4. The number of esters is 3. The van der Waals surface area contributed by atoms with E-state index in [2.05, 4.69) is 106 Å². The smallest absolute Gasteiger partial charge is 0.306 e. The topological polar surface area (TPSA) is 78.9 Å². The van der Waals surface area contributed by atoms with Crippen molar-refractivity contribution in [2.75, 3.05) is 13.2 Å². The number of hydrogen-bond acceptors (Lipinski definition) is 6. The number of ether oxygens (including phenoxy) is 3. The second-order valence-corrected chi connectivity index (χ2v) is 15.4. The molecule has 0 saturated carbocycles. The van der Waals surface area contributed by atoms with Gasteiger partial charge in [0.05, 0.1) is 0 Å². The van der Waals surface area contributed by atoms with Crippen molar-refractivity contribution in [2.45, 2.75) is 181 Å². The summed E-state index contributed by atoms with van der Waals surface area (Å²) in [6.45, 7) is 6.14. The fourth-order valence-corrected chi connectivity index (χ4v) is 5.91. The molecule has 0 heterocycles. The van der Waals surface area contributed by atoms with E-state index in [4.69, 9.17) is 14.2 Å². The third-order valence-electron chi connectivity index (χ3n) is 9.48. The van der Waals surface area contributed by atoms with Crippen LogP contribution in [0.3, 0.4) is 0 Å². The summed E-state index contributed by atoms with van der Waals surface area (Å²) in [5.41, 5.74) is 0. The van der Waals surface area contributed by atoms with Gasteiger partial charge in [-0.15, -0.1) is 0 Å². The van der Waals surface area contributed by atoms with Gasteiger partial charge >= 0.3 is 17.9 Å². The zero-order chi connectivity index (χ0) is 45.8. The number of carbonyl (C=O) groups is 3. The minimum absolute atomic E-state index is 0.125. The lowest BCUT2D eigenvalue weighted by atomic mass is 10.1. The molecule has 6 nitrogen and oxygen atoms in total. The SMILES string of the molecule is CC\C=C/C=C\C=C/C=C\C=C\C=C/CCCCCC(=O)OCC(COC(=O)CCCC/C=C\C/C=C\C/C=C\CC)OC(=O)CCCCCCCC/C=C\C/C=C\C/C=C\CC. The zero-order valence-corrected chi connectivity index (χ0v) is 39.8. The van der Waals surface area contributed by atoms with E-state index >= 15 is 0 Å². The molecule has 6 heteroatoms. The summed E-state index contributed by atoms with van der Waals surface area (Å²) in [5.74, 6) is -1.03. The van der Waals surface area contributed by atoms with E-state index in [-0.39, 0.29) is 37.5 Å². The normalized spacial score (nSPS) is 13.4. The van der Waals surface area contributed by atoms with Crippen LogP contribution in [0.25, 0.3) is 0 Å². The number of hydrogen-bond donors (Lipinski definition) is 0. The van der Waals surface area contributed by atoms with Crippen LogP contribution in [-0.4, -0.2) is 37.2 Å². The summed E-state index contributed by atoms with van der Waals surface area (Å²) in [5, 5.41) is 0. The molecule has 0 bridgehead atoms. The van der Waals surface area contributed by atoms with E-state index in [1.54, 1.807) is 0 Å². The Kier molecular flexibility index (Phi) is 46.2. The van der Waals surface area contributed by atoms with E-state index in [1.807, 2.05) is 60.8 Å². The highest BCUT2D eigenvalue weighted by Gasteiger charge is 2.19. The van der Waals surface area contributed by atoms with Gasteiger partial charge in [-0.1, -0.05) is 199 Å². The maximum absolute atomic E-state index is 12.8. The Labute approximate surface area is 385 Å². The first-order valence-electron chi connectivity index (χ1n) is 24.4. The van der Waals surface area contributed by atoms with E-state index in [9.17, 15) is 14.4 Å². The molecule has 0 aliphatic heterocycles. The van der Waals surface area contributed by atoms with Gasteiger partial charge < -0.3 is 14.2 Å². The molecule has 0 saturated heterocycles. The van der Waals surface area contributed by atoms with Crippen LogP contribution in [0.1, 0.15) is 175 Å². The molecule has 63 heavy (non-hydrogen) atoms. The van der Waals surface area contributed by atoms with Crippen molar-refractivity contribution in [1.29, 1.82) is 0 Å². The van der Waals surface area contributed by atoms with Gasteiger partial charge in [0.15, 0.2) is 6.10 Å². The Bertz CT molecular complexity index is 1460. The lowest BCUT2D eigenvalue weighted by Gasteiger charge is -2.18. The molecule has 0 aromatic rings. The monoisotopic (exact) mass is 867 g/mol. The lowest BCUT2D eigenvalue weighted by Crippen LogP contribution is -2.30. The van der Waals surface area contributed by atoms with Crippen molar-refractivity contribution in [3.05, 3.63) is 146 Å². The number of rotatable bonds is 41. The molecule has 350 valence electrons. The minimum Gasteiger partial charge on any atom is -0.462 e. The lowest BCUT2D eigenvalue weighted by molar-refractivity contribution is -0.167. The molecule has 0 radical (unpaired) electrons. The average molecular weight is 867 g/mol. The number of carbonyl (C=O) groups excluding carboxylic acids is 3. The predicted octanol–water partition coefficient (Wildman–Crippen LogP) is 16.1. The Balaban J connectivity index is 4.58. The van der Waals surface area contributed by atoms with Crippen molar-refractivity contribution in [2.24, 2.45) is 0 Å². The van der Waals surface area contributed by atoms with Crippen molar-refractivity contribution in [3.8, 4) is 0 Å². The number of allylic oxidation sites excluding steroid dienone is 24. The second kappa shape index (κ2) is 49.9. The fourth-order valence-electron chi connectivity index (χ4n) is 5.91. The molecule has 0 aromatic heterocycles. The van der Waals surface area contributed by atoms with Crippen LogP contribution in [0.2, 0.25) is 0 Å². The first-order chi connectivity index (χ1) is 31.0. The van der Waals surface area contributed by atoms with Crippen LogP contribution >= 0.6 is 0 Å². The molecule has 0 aliphatic rings. The summed E-state index contributed by atoms with van der Waals surface area (Å²) in [6, 6.07) is 0. The summed E-state index contributed by atoms with van der Waals surface area (Å²) in [6.07, 6.45) is 71.1. The molecule has 0 amide bonds. The Hall–Kier alpha value is -4.71. The quantitative estimate of drug-likeness (QED) is 0.0200. The van der Waals surface area contributed by atoms with Gasteiger partial charge in [0.1, 0.15) is 13.2 Å². The summed E-state index contributed by atoms with van der Waals surface area (Å²) in [7, 11) is 0. The van der Waals surface area contributed by atoms with E-state index in [0.29, 0.717) is 25.7 Å². The standard InChI is InChI=1S/C57H86O6/c1-4-7-10-13-16-19-22-25-27-29-31-32-35-38-41-44-47-50-56(59)62-53-54(52-61-55(58)49-46-43-40-37-34-24-21-18-15-12-9-6-3)63-57(60)51-48-45-42-39-36-33-30-28-26-23-20-17-14-11-8-5-2/h7-13,16-22,25-29,31-32,34-35,37,54H,4-6,14-15,23-24,30,33,36,38-53H2,1-3H3/b10-7-,11-8-,12-9-,16-13-,20-17-,21-18-,22-19-,27-25-,28-26-,31-29+,35-32-,37-34-. The Morgan fingerprint density at radius 1 is 0.333 bits per heavy atom. The van der Waals surface area contributed by atoms with Gasteiger partial charge in [0, 0.05) is 19.3 Å². The molecular weight excluding hydrogens is 781 g/mol. The van der Waals surface area contributed by atoms with Crippen molar-refractivity contribution >= 4 is 17.9 Å². The summed E-state index contributed by atoms with van der Waals surface area (Å²) < 4.78 is 16.7. The summed E-state index contributed by atoms with van der Waals surface area (Å²) in [4.78, 5) is 37.9. The minimum atomic E-state index is -0.825. The molecule has 0 spiro atoms. The largest absolute Gasteiger partial charge is 0.462 e. The third kappa shape index (κ3) is 48.2. The van der Waals surface area contributed by atoms with Crippen molar-refractivity contribution < 1.29 is 28.6 Å². The van der Waals surface area contributed by atoms with E-state index in [1.165, 1.54) is 12.8 Å². The molecule has 0 aliphatic carbocycles. The zero-order valence-electron chi connectivity index (χ0n) is 39.8. The van der Waals surface area contributed by atoms with Crippen molar-refractivity contribution in [1.82, 2.24) is 0 Å². The van der Waals surface area contributed by atoms with Crippen LogP contribution in [0.4, 0.5) is 0 Å². The predicted molar refractivity (Wildman–Crippen MR) is 269 cm³/mol. The molecular formula is C57H86O6. The highest BCUT2D eigenvalue weighted by molar-refractivity contribution is 5.71. The molecule has 0 rings (SSSR count). The number of unbranched alkanes of at least 4 members (excludes halogenated alkanes) is 11. The van der Waals surface area contributed by atoms with Crippen LogP contribution in [-0.2, 0) is 28.6 Å². The first-order valence-corrected chi connectivity index (χ1v) is 24.4. The molecule has 0 aromatic carbocycles. The third-order valence-corrected chi connectivity index (χ3v) is 9.48. The first kappa shape index (κ1) is 58.3. The van der Waals surface area contributed by atoms with Crippen molar-refractivity contribution in [3.63, 3.8) is 0 Å². The highest BCUT2D eigenvalue weighted by atomic mass is 16.6. The van der Waals surface area contributed by atoms with Crippen LogP contribution < -0.4 is 0 Å². The van der Waals surface area contributed by atoms with Gasteiger partial charge in [0.2, 0.25) is 0 Å². The van der Waals surface area contributed by atoms with Gasteiger partial charge in [-0.25, -0.2) is 0 Å². The summed E-state index contributed by atoms with van der Waals surface area (Å²) >= 11 is 0. The van der Waals surface area contributed by atoms with Gasteiger partial charge in [-0.05, 0) is 103 Å². The molecule has 1 atom stereocenters. The Morgan fingerprint density at radius 2 is 0.651 bits per heavy atom. The fraction of sp³-hybridized carbons (Fsp3) is 0.526. The average Bonchev–Trinajstić information content (AvgIpc) is 3.28. The van der Waals surface area contributed by atoms with Gasteiger partial charge in [-0.3, -0.25) is 14.4 Å². The maximum atomic E-state index is 12.8. The van der Waals surface area contributed by atoms with Gasteiger partial charge in [0.25, 0.3) is 0 Å². The van der Waals surface area contributed by atoms with Crippen LogP contribution in [0.5, 0.6) is 0 Å². The molecule has 0 fully saturated rings.